The third kappa shape index (κ3) is 11.6. The van der Waals surface area contributed by atoms with Crippen molar-refractivity contribution in [2.75, 3.05) is 102 Å². The van der Waals surface area contributed by atoms with Crippen LogP contribution in [0.2, 0.25) is 0 Å². The fourth-order valence-electron chi connectivity index (χ4n) is 13.5. The topological polar surface area (TPSA) is 185 Å². The Hall–Kier alpha value is -7.18. The number of nitrogens with zero attached hydrogens (tertiary/aromatic N) is 9. The van der Waals surface area contributed by atoms with Gasteiger partial charge < -0.3 is 43.3 Å². The van der Waals surface area contributed by atoms with Crippen molar-refractivity contribution in [1.82, 2.24) is 39.9 Å². The molecule has 0 radical (unpaired) electrons. The van der Waals surface area contributed by atoms with Crippen molar-refractivity contribution in [3.05, 3.63) is 77.2 Å². The van der Waals surface area contributed by atoms with E-state index in [1.807, 2.05) is 69.0 Å². The predicted octanol–water partition coefficient (Wildman–Crippen LogP) is 7.40. The zero-order valence-electron chi connectivity index (χ0n) is 48.3. The number of ether oxygens (including phenoxy) is 5. The number of amides is 4. The highest BCUT2D eigenvalue weighted by Crippen LogP contribution is 2.48. The number of aromatic nitrogens is 3. The number of anilines is 2. The van der Waals surface area contributed by atoms with Crippen LogP contribution >= 0.6 is 0 Å². The van der Waals surface area contributed by atoms with Gasteiger partial charge in [-0.15, -0.1) is 6.42 Å². The van der Waals surface area contributed by atoms with Crippen LogP contribution in [0, 0.1) is 29.5 Å². The number of methoxy groups -OCH3 is 1. The largest absolute Gasteiger partial charge is 0.468 e. The molecule has 3 aromatic carbocycles. The summed E-state index contributed by atoms with van der Waals surface area (Å²) < 4.78 is 47.8. The highest BCUT2D eigenvalue weighted by atomic mass is 19.1. The monoisotopic (exact) mass is 1130 g/mol. The summed E-state index contributed by atoms with van der Waals surface area (Å²) in [6, 6.07) is 14.0. The van der Waals surface area contributed by atoms with Gasteiger partial charge in [-0.3, -0.25) is 34.5 Å². The molecule has 7 aliphatic rings. The predicted molar refractivity (Wildman–Crippen MR) is 311 cm³/mol. The minimum Gasteiger partial charge on any atom is -0.468 e. The van der Waals surface area contributed by atoms with Crippen LogP contribution < -0.4 is 24.6 Å². The van der Waals surface area contributed by atoms with Gasteiger partial charge in [-0.05, 0) is 146 Å². The molecule has 8 heterocycles. The minimum absolute atomic E-state index is 0.0113. The second kappa shape index (κ2) is 23.1. The summed E-state index contributed by atoms with van der Waals surface area (Å²) >= 11 is 0. The minimum atomic E-state index is -0.685. The highest BCUT2D eigenvalue weighted by molar-refractivity contribution is 6.06. The van der Waals surface area contributed by atoms with Gasteiger partial charge in [0.15, 0.2) is 12.6 Å². The molecule has 83 heavy (non-hydrogen) atoms. The number of carbonyl (C=O) groups is 4. The van der Waals surface area contributed by atoms with E-state index >= 15 is 4.39 Å². The van der Waals surface area contributed by atoms with Crippen molar-refractivity contribution < 1.29 is 47.3 Å². The molecule has 438 valence electrons. The summed E-state index contributed by atoms with van der Waals surface area (Å²) in [7, 11) is 1.54. The zero-order valence-corrected chi connectivity index (χ0v) is 48.3. The highest BCUT2D eigenvalue weighted by Gasteiger charge is 2.51. The van der Waals surface area contributed by atoms with E-state index in [2.05, 4.69) is 36.9 Å². The number of benzene rings is 3. The number of fused-ring (bicyclic) bond motifs is 5. The van der Waals surface area contributed by atoms with Crippen molar-refractivity contribution >= 4 is 57.0 Å². The molecule has 4 amide bonds. The van der Waals surface area contributed by atoms with Crippen LogP contribution in [-0.2, 0) is 30.3 Å². The number of pyridine rings is 1. The maximum atomic E-state index is 17.8. The van der Waals surface area contributed by atoms with Crippen LogP contribution in [0.5, 0.6) is 11.8 Å². The zero-order chi connectivity index (χ0) is 57.7. The fraction of sp³-hybridized carbons (Fsp3) is 0.540. The lowest BCUT2D eigenvalue weighted by molar-refractivity contribution is -0.136. The summed E-state index contributed by atoms with van der Waals surface area (Å²) in [5.41, 5.74) is 3.03. The Labute approximate surface area is 484 Å². The van der Waals surface area contributed by atoms with Gasteiger partial charge in [0.25, 0.3) is 5.91 Å². The fourth-order valence-corrected chi connectivity index (χ4v) is 13.5. The number of piperidine rings is 2. The number of imide groups is 1. The molecular formula is C63H75FN10O9. The third-order valence-corrected chi connectivity index (χ3v) is 18.0. The van der Waals surface area contributed by atoms with E-state index in [9.17, 15) is 19.2 Å². The number of likely N-dealkylation sites (tertiary alicyclic amines) is 1. The Morgan fingerprint density at radius 1 is 0.928 bits per heavy atom. The molecule has 1 aliphatic carbocycles. The van der Waals surface area contributed by atoms with Crippen molar-refractivity contribution in [2.45, 2.75) is 115 Å². The van der Waals surface area contributed by atoms with Gasteiger partial charge in [0.2, 0.25) is 11.8 Å². The SMILES string of the molecule is C#Cc1cccc2cc(OCOC)cc(-c3ncc4c(N5C[C@@H]6C[C@H](OCC)[C@H](C5)N6C(=O)OC(C)(C)C)nc(OCC5(CN6CCC(CCN7CCN(c8ccc9c(c8)CN([C@H]8CCC(=O)NC8=O)C9=O)CC7)CC6)CC5)nc4c3F)c12. The van der Waals surface area contributed by atoms with Gasteiger partial charge in [-0.1, -0.05) is 18.1 Å². The number of rotatable bonds is 17. The molecule has 19 nitrogen and oxygen atoms in total. The molecule has 5 saturated heterocycles. The first-order valence-corrected chi connectivity index (χ1v) is 29.6. The molecule has 6 fully saturated rings. The maximum Gasteiger partial charge on any atom is 0.411 e. The van der Waals surface area contributed by atoms with Crippen LogP contribution in [0.1, 0.15) is 101 Å². The number of halogens is 1. The van der Waals surface area contributed by atoms with E-state index < -0.39 is 23.4 Å². The van der Waals surface area contributed by atoms with E-state index in [1.165, 1.54) is 7.11 Å². The normalized spacial score (nSPS) is 23.0. The molecule has 1 saturated carbocycles. The molecule has 0 unspecified atom stereocenters. The standard InChI is InChI=1S/C63H75FN10O9/c1-7-40-10-9-11-41-29-45(82-38-79-6)31-47(53(40)41)55-54(64)56-48(32-65-55)57(72-34-44-30-51(80-8-2)50(35-72)74(44)61(78)83-62(3,4)5)68-60(67-56)81-37-63(19-20-63)36-70-22-17-39(18-23-70)16-21-69-24-26-71(27-25-69)43-12-13-46-42(28-43)33-73(59(46)77)49-14-15-52(75)66-58(49)76/h1,9-13,28-29,31-32,39,44,49-51H,8,14-27,30,33-38H2,2-6H3,(H,66,75,76)/t44-,49-,50-,51-/m0/s1. The summed E-state index contributed by atoms with van der Waals surface area (Å²) in [6.45, 7) is 17.3. The van der Waals surface area contributed by atoms with Crippen molar-refractivity contribution in [3.8, 4) is 35.4 Å². The molecule has 6 aliphatic heterocycles. The van der Waals surface area contributed by atoms with Gasteiger partial charge >= 0.3 is 12.1 Å². The quantitative estimate of drug-likeness (QED) is 0.0552. The Morgan fingerprint density at radius 3 is 2.47 bits per heavy atom. The Balaban J connectivity index is 0.710. The number of piperazine rings is 2. The lowest BCUT2D eigenvalue weighted by atomic mass is 9.92. The first kappa shape index (κ1) is 56.3. The van der Waals surface area contributed by atoms with E-state index in [-0.39, 0.29) is 71.9 Å². The number of hydrogen-bond acceptors (Lipinski definition) is 16. The van der Waals surface area contributed by atoms with Gasteiger partial charge in [-0.2, -0.15) is 9.97 Å². The van der Waals surface area contributed by atoms with Crippen molar-refractivity contribution in [3.63, 3.8) is 0 Å². The number of carbonyl (C=O) groups excluding carboxylic acids is 4. The summed E-state index contributed by atoms with van der Waals surface area (Å²) in [4.78, 5) is 79.2. The van der Waals surface area contributed by atoms with E-state index in [0.29, 0.717) is 90.6 Å². The van der Waals surface area contributed by atoms with E-state index in [4.69, 9.17) is 45.1 Å². The van der Waals surface area contributed by atoms with E-state index in [0.717, 1.165) is 101 Å². The third-order valence-electron chi connectivity index (χ3n) is 18.0. The number of hydrogen-bond donors (Lipinski definition) is 1. The van der Waals surface area contributed by atoms with Gasteiger partial charge in [0, 0.05) is 112 Å². The molecule has 2 bridgehead atoms. The van der Waals surface area contributed by atoms with Crippen molar-refractivity contribution in [1.29, 1.82) is 0 Å². The molecule has 20 heteroatoms. The second-order valence-corrected chi connectivity index (χ2v) is 24.7. The molecule has 2 aromatic heterocycles. The van der Waals surface area contributed by atoms with Gasteiger partial charge in [0.05, 0.1) is 30.2 Å². The number of terminal acetylenes is 1. The maximum absolute atomic E-state index is 17.8. The molecule has 12 rings (SSSR count). The first-order chi connectivity index (χ1) is 40.1. The smallest absolute Gasteiger partial charge is 0.411 e. The molecule has 1 N–H and O–H groups in total. The van der Waals surface area contributed by atoms with Crippen LogP contribution in [0.25, 0.3) is 32.9 Å². The lowest BCUT2D eigenvalue weighted by Gasteiger charge is -2.42. The van der Waals surface area contributed by atoms with Crippen LogP contribution in [0.3, 0.4) is 0 Å². The van der Waals surface area contributed by atoms with Gasteiger partial charge in [-0.25, -0.2) is 9.18 Å². The summed E-state index contributed by atoms with van der Waals surface area (Å²) in [5, 5.41) is 4.21. The second-order valence-electron chi connectivity index (χ2n) is 24.7. The average molecular weight is 1140 g/mol. The molecule has 4 atom stereocenters. The van der Waals surface area contributed by atoms with Crippen LogP contribution in [0.15, 0.2) is 54.7 Å². The van der Waals surface area contributed by atoms with Gasteiger partial charge in [0.1, 0.15) is 34.4 Å². The molecule has 0 spiro atoms. The number of nitrogens with one attached hydrogen (secondary N) is 1. The van der Waals surface area contributed by atoms with Crippen LogP contribution in [0.4, 0.5) is 20.7 Å². The van der Waals surface area contributed by atoms with E-state index in [1.54, 1.807) is 17.2 Å². The van der Waals surface area contributed by atoms with Crippen LogP contribution in [-0.4, -0.2) is 181 Å². The Kier molecular flexibility index (Phi) is 15.7. The van der Waals surface area contributed by atoms with Crippen molar-refractivity contribution in [2.24, 2.45) is 11.3 Å². The lowest BCUT2D eigenvalue weighted by Crippen LogP contribution is -2.58. The Morgan fingerprint density at radius 2 is 1.73 bits per heavy atom. The first-order valence-electron chi connectivity index (χ1n) is 29.6. The molecule has 5 aromatic rings. The molecular weight excluding hydrogens is 1060 g/mol. The average Bonchev–Trinajstić information content (AvgIpc) is 2.63. The summed E-state index contributed by atoms with van der Waals surface area (Å²) in [5.74, 6) is 2.88. The Bertz CT molecular complexity index is 3370. The summed E-state index contributed by atoms with van der Waals surface area (Å²) in [6.07, 6.45) is 13.7.